The molecule has 0 radical (unpaired) electrons. The molecule has 0 spiro atoms. The number of aryl methyl sites for hydroxylation is 1. The van der Waals surface area contributed by atoms with E-state index >= 15 is 0 Å². The van der Waals surface area contributed by atoms with Crippen molar-refractivity contribution in [1.29, 1.82) is 0 Å². The van der Waals surface area contributed by atoms with Crippen LogP contribution in [0, 0.1) is 6.92 Å². The summed E-state index contributed by atoms with van der Waals surface area (Å²) in [7, 11) is 0. The van der Waals surface area contributed by atoms with Crippen LogP contribution in [0.2, 0.25) is 0 Å². The zero-order chi connectivity index (χ0) is 10.8. The van der Waals surface area contributed by atoms with Gasteiger partial charge in [0.15, 0.2) is 6.29 Å². The first kappa shape index (κ1) is 10.8. The maximum Gasteiger partial charge on any atom is 0.160 e. The smallest absolute Gasteiger partial charge is 0.160 e. The van der Waals surface area contributed by atoms with E-state index in [0.717, 1.165) is 37.2 Å². The number of hydrogen-bond donors (Lipinski definition) is 1. The predicted octanol–water partition coefficient (Wildman–Crippen LogP) is 1.44. The summed E-state index contributed by atoms with van der Waals surface area (Å²) in [5.74, 6) is 0. The molecule has 82 valence electrons. The molecule has 1 saturated heterocycles. The van der Waals surface area contributed by atoms with Crippen LogP contribution in [0.4, 0.5) is 0 Å². The highest BCUT2D eigenvalue weighted by Crippen LogP contribution is 2.23. The fraction of sp³-hybridized carbons (Fsp3) is 0.545. The Morgan fingerprint density at radius 3 is 3.07 bits per heavy atom. The predicted molar refractivity (Wildman–Crippen MR) is 60.3 cm³/mol. The standard InChI is InChI=1S/C11H15NO2S/c1-8-9(4-11(7-13)15-8)5-12-3-2-10(14)6-12/h4,7,10,14H,2-3,5-6H2,1H3. The van der Waals surface area contributed by atoms with Gasteiger partial charge in [-0.25, -0.2) is 0 Å². The lowest BCUT2D eigenvalue weighted by Gasteiger charge is -2.14. The summed E-state index contributed by atoms with van der Waals surface area (Å²) >= 11 is 1.54. The van der Waals surface area contributed by atoms with Crippen molar-refractivity contribution in [3.63, 3.8) is 0 Å². The molecule has 1 atom stereocenters. The highest BCUT2D eigenvalue weighted by Gasteiger charge is 2.20. The molecule has 3 nitrogen and oxygen atoms in total. The van der Waals surface area contributed by atoms with Crippen molar-refractivity contribution < 1.29 is 9.90 Å². The molecule has 2 heterocycles. The first-order chi connectivity index (χ1) is 7.19. The minimum absolute atomic E-state index is 0.172. The maximum atomic E-state index is 10.6. The Kier molecular flexibility index (Phi) is 3.19. The van der Waals surface area contributed by atoms with E-state index in [-0.39, 0.29) is 6.10 Å². The van der Waals surface area contributed by atoms with E-state index in [1.807, 2.05) is 13.0 Å². The van der Waals surface area contributed by atoms with Gasteiger partial charge in [-0.3, -0.25) is 9.69 Å². The van der Waals surface area contributed by atoms with Crippen molar-refractivity contribution in [2.75, 3.05) is 13.1 Å². The van der Waals surface area contributed by atoms with Crippen molar-refractivity contribution >= 4 is 17.6 Å². The molecule has 1 fully saturated rings. The number of thiophene rings is 1. The minimum atomic E-state index is -0.172. The molecule has 0 bridgehead atoms. The summed E-state index contributed by atoms with van der Waals surface area (Å²) < 4.78 is 0. The second-order valence-corrected chi connectivity index (χ2v) is 5.31. The van der Waals surface area contributed by atoms with Crippen molar-refractivity contribution in [3.05, 3.63) is 21.4 Å². The highest BCUT2D eigenvalue weighted by molar-refractivity contribution is 7.13. The number of aliphatic hydroxyl groups is 1. The molecule has 1 unspecified atom stereocenters. The molecule has 1 aromatic heterocycles. The average molecular weight is 225 g/mol. The molecule has 2 rings (SSSR count). The first-order valence-corrected chi connectivity index (χ1v) is 5.95. The average Bonchev–Trinajstić information content (AvgIpc) is 2.75. The molecular formula is C11H15NO2S. The van der Waals surface area contributed by atoms with Crippen molar-refractivity contribution in [3.8, 4) is 0 Å². The monoisotopic (exact) mass is 225 g/mol. The van der Waals surface area contributed by atoms with Gasteiger partial charge in [-0.05, 0) is 25.0 Å². The van der Waals surface area contributed by atoms with Crippen molar-refractivity contribution in [1.82, 2.24) is 4.90 Å². The summed E-state index contributed by atoms with van der Waals surface area (Å²) in [6.45, 7) is 4.60. The van der Waals surface area contributed by atoms with Gasteiger partial charge in [0.25, 0.3) is 0 Å². The van der Waals surface area contributed by atoms with Crippen LogP contribution in [0.1, 0.15) is 26.5 Å². The molecule has 1 aliphatic rings. The minimum Gasteiger partial charge on any atom is -0.392 e. The Labute approximate surface area is 93.3 Å². The number of nitrogens with zero attached hydrogens (tertiary/aromatic N) is 1. The van der Waals surface area contributed by atoms with E-state index in [2.05, 4.69) is 4.90 Å². The number of rotatable bonds is 3. The van der Waals surface area contributed by atoms with Crippen LogP contribution < -0.4 is 0 Å². The molecule has 15 heavy (non-hydrogen) atoms. The van der Waals surface area contributed by atoms with Crippen LogP contribution >= 0.6 is 11.3 Å². The fourth-order valence-corrected chi connectivity index (χ4v) is 2.81. The van der Waals surface area contributed by atoms with Gasteiger partial charge in [0.1, 0.15) is 0 Å². The zero-order valence-corrected chi connectivity index (χ0v) is 9.59. The Morgan fingerprint density at radius 2 is 2.53 bits per heavy atom. The summed E-state index contributed by atoms with van der Waals surface area (Å²) in [5.41, 5.74) is 1.22. The third kappa shape index (κ3) is 2.45. The van der Waals surface area contributed by atoms with Crippen molar-refractivity contribution in [2.24, 2.45) is 0 Å². The SMILES string of the molecule is Cc1sc(C=O)cc1CN1CCC(O)C1. The fourth-order valence-electron chi connectivity index (χ4n) is 1.96. The molecule has 1 aliphatic heterocycles. The molecule has 0 amide bonds. The van der Waals surface area contributed by atoms with E-state index in [0.29, 0.717) is 0 Å². The number of aldehydes is 1. The van der Waals surface area contributed by atoms with Crippen molar-refractivity contribution in [2.45, 2.75) is 26.0 Å². The zero-order valence-electron chi connectivity index (χ0n) is 8.77. The molecule has 0 aliphatic carbocycles. The number of carbonyl (C=O) groups excluding carboxylic acids is 1. The molecule has 0 aromatic carbocycles. The van der Waals surface area contributed by atoms with E-state index in [9.17, 15) is 9.90 Å². The van der Waals surface area contributed by atoms with Gasteiger partial charge in [0.05, 0.1) is 11.0 Å². The molecule has 0 saturated carbocycles. The number of likely N-dealkylation sites (tertiary alicyclic amines) is 1. The summed E-state index contributed by atoms with van der Waals surface area (Å²) in [6.07, 6.45) is 1.60. The summed E-state index contributed by atoms with van der Waals surface area (Å²) in [5, 5.41) is 9.40. The van der Waals surface area contributed by atoms with Gasteiger partial charge >= 0.3 is 0 Å². The topological polar surface area (TPSA) is 40.5 Å². The normalized spacial score (nSPS) is 22.1. The highest BCUT2D eigenvalue weighted by atomic mass is 32.1. The molecular weight excluding hydrogens is 210 g/mol. The first-order valence-electron chi connectivity index (χ1n) is 5.14. The van der Waals surface area contributed by atoms with E-state index in [1.54, 1.807) is 11.3 Å². The largest absolute Gasteiger partial charge is 0.392 e. The van der Waals surface area contributed by atoms with Crippen LogP contribution in [0.25, 0.3) is 0 Å². The second kappa shape index (κ2) is 4.43. The van der Waals surface area contributed by atoms with Gasteiger partial charge in [-0.2, -0.15) is 0 Å². The lowest BCUT2D eigenvalue weighted by Crippen LogP contribution is -2.21. The number of hydrogen-bond acceptors (Lipinski definition) is 4. The summed E-state index contributed by atoms with van der Waals surface area (Å²) in [4.78, 5) is 14.8. The molecule has 1 N–H and O–H groups in total. The Hall–Kier alpha value is -0.710. The third-order valence-electron chi connectivity index (χ3n) is 2.80. The van der Waals surface area contributed by atoms with Crippen LogP contribution in [-0.4, -0.2) is 35.5 Å². The Morgan fingerprint density at radius 1 is 1.73 bits per heavy atom. The van der Waals surface area contributed by atoms with Crippen LogP contribution in [-0.2, 0) is 6.54 Å². The van der Waals surface area contributed by atoms with E-state index in [1.165, 1.54) is 10.4 Å². The molecule has 4 heteroatoms. The lowest BCUT2D eigenvalue weighted by molar-refractivity contribution is 0.112. The van der Waals surface area contributed by atoms with Crippen LogP contribution in [0.5, 0.6) is 0 Å². The Bertz CT molecular complexity index is 361. The number of aliphatic hydroxyl groups excluding tert-OH is 1. The number of carbonyl (C=O) groups is 1. The second-order valence-electron chi connectivity index (χ2n) is 4.03. The summed E-state index contributed by atoms with van der Waals surface area (Å²) in [6, 6.07) is 1.96. The maximum absolute atomic E-state index is 10.6. The molecule has 1 aromatic rings. The lowest BCUT2D eigenvalue weighted by atomic mass is 10.2. The van der Waals surface area contributed by atoms with Gasteiger partial charge in [0, 0.05) is 24.5 Å². The van der Waals surface area contributed by atoms with Gasteiger partial charge in [-0.1, -0.05) is 0 Å². The quantitative estimate of drug-likeness (QED) is 0.791. The van der Waals surface area contributed by atoms with E-state index in [4.69, 9.17) is 0 Å². The van der Waals surface area contributed by atoms with Gasteiger partial charge in [-0.15, -0.1) is 11.3 Å². The van der Waals surface area contributed by atoms with E-state index < -0.39 is 0 Å². The third-order valence-corrected chi connectivity index (χ3v) is 3.82. The number of β-amino-alcohol motifs (C(OH)–C–C–N with tert-alkyl or cyclic N) is 1. The van der Waals surface area contributed by atoms with Crippen LogP contribution in [0.3, 0.4) is 0 Å². The van der Waals surface area contributed by atoms with Gasteiger partial charge in [0.2, 0.25) is 0 Å². The van der Waals surface area contributed by atoms with Crippen LogP contribution in [0.15, 0.2) is 6.07 Å². The Balaban J connectivity index is 2.03. The van der Waals surface area contributed by atoms with Gasteiger partial charge < -0.3 is 5.11 Å².